The fourth-order valence-electron chi connectivity index (χ4n) is 1.77. The summed E-state index contributed by atoms with van der Waals surface area (Å²) in [6, 6.07) is 7.65. The molecule has 1 amide bonds. The van der Waals surface area contributed by atoms with Crippen LogP contribution >= 0.6 is 11.3 Å². The molecule has 0 saturated heterocycles. The Morgan fingerprint density at radius 2 is 2.15 bits per heavy atom. The molecule has 0 saturated carbocycles. The van der Waals surface area contributed by atoms with Gasteiger partial charge >= 0.3 is 0 Å². The number of hydrogen-bond acceptors (Lipinski definition) is 4. The first-order valence-corrected chi connectivity index (χ1v) is 7.39. The third kappa shape index (κ3) is 4.35. The van der Waals surface area contributed by atoms with Gasteiger partial charge in [0, 0.05) is 18.3 Å². The molecule has 5 heteroatoms. The highest BCUT2D eigenvalue weighted by Crippen LogP contribution is 2.15. The van der Waals surface area contributed by atoms with Crippen molar-refractivity contribution in [2.75, 3.05) is 13.2 Å². The molecular weight excluding hydrogens is 272 g/mol. The molecule has 0 unspecified atom stereocenters. The van der Waals surface area contributed by atoms with Crippen molar-refractivity contribution in [1.82, 2.24) is 10.3 Å². The van der Waals surface area contributed by atoms with E-state index < -0.39 is 0 Å². The lowest BCUT2D eigenvalue weighted by Crippen LogP contribution is -2.30. The zero-order chi connectivity index (χ0) is 14.4. The fraction of sp³-hybridized carbons (Fsp3) is 0.333. The highest BCUT2D eigenvalue weighted by Gasteiger charge is 2.05. The van der Waals surface area contributed by atoms with E-state index in [0.29, 0.717) is 6.54 Å². The Morgan fingerprint density at radius 1 is 1.35 bits per heavy atom. The average Bonchev–Trinajstić information content (AvgIpc) is 2.83. The second-order valence-electron chi connectivity index (χ2n) is 4.51. The summed E-state index contributed by atoms with van der Waals surface area (Å²) in [6.45, 7) is 4.56. The molecule has 1 heterocycles. The number of para-hydroxylation sites is 1. The van der Waals surface area contributed by atoms with E-state index in [9.17, 15) is 4.79 Å². The van der Waals surface area contributed by atoms with Gasteiger partial charge in [0.15, 0.2) is 6.61 Å². The van der Waals surface area contributed by atoms with Crippen molar-refractivity contribution < 1.29 is 9.53 Å². The van der Waals surface area contributed by atoms with Crippen LogP contribution in [-0.2, 0) is 11.2 Å². The third-order valence-corrected chi connectivity index (χ3v) is 3.64. The lowest BCUT2D eigenvalue weighted by molar-refractivity contribution is -0.123. The normalized spacial score (nSPS) is 10.3. The molecule has 0 fully saturated rings. The van der Waals surface area contributed by atoms with Crippen molar-refractivity contribution in [3.05, 3.63) is 45.9 Å². The molecule has 0 bridgehead atoms. The van der Waals surface area contributed by atoms with E-state index in [1.165, 1.54) is 0 Å². The van der Waals surface area contributed by atoms with Gasteiger partial charge in [0.25, 0.3) is 5.91 Å². The molecule has 2 aromatic rings. The second-order valence-corrected chi connectivity index (χ2v) is 5.57. The molecule has 20 heavy (non-hydrogen) atoms. The maximum atomic E-state index is 11.7. The van der Waals surface area contributed by atoms with Crippen LogP contribution in [0.15, 0.2) is 29.6 Å². The first-order valence-electron chi connectivity index (χ1n) is 6.51. The van der Waals surface area contributed by atoms with Gasteiger partial charge in [-0.15, -0.1) is 11.3 Å². The molecular formula is C15H18N2O2S. The number of carbonyl (C=O) groups is 1. The summed E-state index contributed by atoms with van der Waals surface area (Å²) in [7, 11) is 0. The number of thiazole rings is 1. The minimum Gasteiger partial charge on any atom is -0.484 e. The zero-order valence-corrected chi connectivity index (χ0v) is 12.5. The van der Waals surface area contributed by atoms with Crippen molar-refractivity contribution in [2.45, 2.75) is 20.3 Å². The minimum absolute atomic E-state index is 0.0426. The lowest BCUT2D eigenvalue weighted by Gasteiger charge is -2.08. The van der Waals surface area contributed by atoms with Crippen LogP contribution in [-0.4, -0.2) is 24.0 Å². The molecule has 1 aromatic heterocycles. The van der Waals surface area contributed by atoms with Gasteiger partial charge in [-0.25, -0.2) is 4.98 Å². The summed E-state index contributed by atoms with van der Waals surface area (Å²) in [4.78, 5) is 16.0. The summed E-state index contributed by atoms with van der Waals surface area (Å²) in [5, 5.41) is 5.90. The van der Waals surface area contributed by atoms with E-state index in [4.69, 9.17) is 4.74 Å². The number of amides is 1. The molecule has 1 aromatic carbocycles. The van der Waals surface area contributed by atoms with Crippen LogP contribution in [0.2, 0.25) is 0 Å². The number of hydrogen-bond donors (Lipinski definition) is 1. The fourth-order valence-corrected chi connectivity index (χ4v) is 2.41. The maximum absolute atomic E-state index is 11.7. The highest BCUT2D eigenvalue weighted by atomic mass is 32.1. The summed E-state index contributed by atoms with van der Waals surface area (Å²) in [5.74, 6) is 0.637. The number of aryl methyl sites for hydroxylation is 2. The molecule has 1 N–H and O–H groups in total. The number of benzene rings is 1. The van der Waals surface area contributed by atoms with E-state index in [0.717, 1.165) is 28.4 Å². The van der Waals surface area contributed by atoms with Crippen molar-refractivity contribution in [1.29, 1.82) is 0 Å². The Hall–Kier alpha value is -1.88. The van der Waals surface area contributed by atoms with E-state index in [2.05, 4.69) is 10.3 Å². The molecule has 4 nitrogen and oxygen atoms in total. The highest BCUT2D eigenvalue weighted by molar-refractivity contribution is 7.09. The van der Waals surface area contributed by atoms with Gasteiger partial charge in [0.2, 0.25) is 0 Å². The van der Waals surface area contributed by atoms with Gasteiger partial charge in [0.1, 0.15) is 5.75 Å². The summed E-state index contributed by atoms with van der Waals surface area (Å²) < 4.78 is 5.48. The van der Waals surface area contributed by atoms with E-state index in [1.54, 1.807) is 11.3 Å². The van der Waals surface area contributed by atoms with Crippen LogP contribution in [0.4, 0.5) is 0 Å². The Balaban J connectivity index is 1.69. The van der Waals surface area contributed by atoms with E-state index in [1.807, 2.05) is 43.5 Å². The van der Waals surface area contributed by atoms with Gasteiger partial charge in [-0.2, -0.15) is 0 Å². The SMILES string of the molecule is Cc1nc(CCNC(=O)COc2ccccc2C)cs1. The summed E-state index contributed by atoms with van der Waals surface area (Å²) in [5.41, 5.74) is 2.05. The van der Waals surface area contributed by atoms with Gasteiger partial charge in [0.05, 0.1) is 10.7 Å². The predicted octanol–water partition coefficient (Wildman–Crippen LogP) is 2.50. The average molecular weight is 290 g/mol. The van der Waals surface area contributed by atoms with Crippen LogP contribution in [0.5, 0.6) is 5.75 Å². The maximum Gasteiger partial charge on any atom is 0.257 e. The topological polar surface area (TPSA) is 51.2 Å². The number of nitrogens with one attached hydrogen (secondary N) is 1. The van der Waals surface area contributed by atoms with E-state index >= 15 is 0 Å². The van der Waals surface area contributed by atoms with Crippen LogP contribution in [0, 0.1) is 13.8 Å². The van der Waals surface area contributed by atoms with Crippen LogP contribution < -0.4 is 10.1 Å². The molecule has 0 aliphatic carbocycles. The quantitative estimate of drug-likeness (QED) is 0.889. The molecule has 0 aliphatic rings. The van der Waals surface area contributed by atoms with Crippen molar-refractivity contribution in [2.24, 2.45) is 0 Å². The number of carbonyl (C=O) groups excluding carboxylic acids is 1. The van der Waals surface area contributed by atoms with Gasteiger partial charge in [-0.1, -0.05) is 18.2 Å². The first-order chi connectivity index (χ1) is 9.65. The smallest absolute Gasteiger partial charge is 0.257 e. The number of ether oxygens (including phenoxy) is 1. The largest absolute Gasteiger partial charge is 0.484 e. The monoisotopic (exact) mass is 290 g/mol. The number of aromatic nitrogens is 1. The second kappa shape index (κ2) is 7.05. The Bertz CT molecular complexity index is 581. The van der Waals surface area contributed by atoms with Crippen LogP contribution in [0.3, 0.4) is 0 Å². The molecule has 2 rings (SSSR count). The Morgan fingerprint density at radius 3 is 2.85 bits per heavy atom. The molecule has 0 atom stereocenters. The summed E-state index contributed by atoms with van der Waals surface area (Å²) >= 11 is 1.62. The predicted molar refractivity (Wildman–Crippen MR) is 80.2 cm³/mol. The third-order valence-electron chi connectivity index (χ3n) is 2.82. The molecule has 0 spiro atoms. The zero-order valence-electron chi connectivity index (χ0n) is 11.7. The molecule has 0 aliphatic heterocycles. The standard InChI is InChI=1S/C15H18N2O2S/c1-11-5-3-4-6-14(11)19-9-15(18)16-8-7-13-10-20-12(2)17-13/h3-6,10H,7-9H2,1-2H3,(H,16,18). The van der Waals surface area contributed by atoms with Crippen molar-refractivity contribution in [3.8, 4) is 5.75 Å². The Labute approximate surface area is 122 Å². The van der Waals surface area contributed by atoms with Crippen LogP contribution in [0.25, 0.3) is 0 Å². The van der Waals surface area contributed by atoms with E-state index in [-0.39, 0.29) is 12.5 Å². The van der Waals surface area contributed by atoms with Gasteiger partial charge in [-0.3, -0.25) is 4.79 Å². The minimum atomic E-state index is -0.111. The van der Waals surface area contributed by atoms with Crippen molar-refractivity contribution >= 4 is 17.2 Å². The Kier molecular flexibility index (Phi) is 5.12. The number of nitrogens with zero attached hydrogens (tertiary/aromatic N) is 1. The summed E-state index contributed by atoms with van der Waals surface area (Å²) in [6.07, 6.45) is 0.750. The van der Waals surface area contributed by atoms with Crippen molar-refractivity contribution in [3.63, 3.8) is 0 Å². The first kappa shape index (κ1) is 14.5. The van der Waals surface area contributed by atoms with Gasteiger partial charge < -0.3 is 10.1 Å². The molecule has 106 valence electrons. The molecule has 0 radical (unpaired) electrons. The lowest BCUT2D eigenvalue weighted by atomic mass is 10.2. The van der Waals surface area contributed by atoms with Crippen LogP contribution in [0.1, 0.15) is 16.3 Å². The number of rotatable bonds is 6. The van der Waals surface area contributed by atoms with Gasteiger partial charge in [-0.05, 0) is 25.5 Å².